The highest BCUT2D eigenvalue weighted by Gasteiger charge is 2.20. The summed E-state index contributed by atoms with van der Waals surface area (Å²) >= 11 is 12.5. The van der Waals surface area contributed by atoms with Gasteiger partial charge in [-0.05, 0) is 24.1 Å². The van der Waals surface area contributed by atoms with E-state index in [4.69, 9.17) is 27.9 Å². The maximum Gasteiger partial charge on any atom is 0.145 e. The van der Waals surface area contributed by atoms with Gasteiger partial charge in [-0.3, -0.25) is 0 Å². The van der Waals surface area contributed by atoms with Crippen LogP contribution in [-0.2, 0) is 6.42 Å². The van der Waals surface area contributed by atoms with Crippen LogP contribution in [0, 0.1) is 0 Å². The van der Waals surface area contributed by atoms with E-state index in [1.54, 1.807) is 6.07 Å². The molecule has 0 unspecified atom stereocenters. The Kier molecular flexibility index (Phi) is 4.22. The normalized spacial score (nSPS) is 12.9. The lowest BCUT2D eigenvalue weighted by atomic mass is 10.1. The molecule has 1 aromatic heterocycles. The van der Waals surface area contributed by atoms with Gasteiger partial charge in [-0.15, -0.1) is 0 Å². The molecule has 0 atom stereocenters. The quantitative estimate of drug-likeness (QED) is 0.876. The van der Waals surface area contributed by atoms with Gasteiger partial charge in [0.05, 0.1) is 22.3 Å². The number of nitrogens with one attached hydrogen (secondary N) is 1. The number of fused-ring (bicyclic) bond motifs is 1. The Morgan fingerprint density at radius 1 is 1.29 bits per heavy atom. The van der Waals surface area contributed by atoms with Crippen LogP contribution in [0.1, 0.15) is 18.9 Å². The Hall–Kier alpha value is -1.45. The van der Waals surface area contributed by atoms with Crippen LogP contribution in [0.2, 0.25) is 10.0 Å². The molecule has 0 saturated carbocycles. The molecule has 1 aliphatic rings. The third-order valence-electron chi connectivity index (χ3n) is 3.44. The molecule has 1 aliphatic heterocycles. The summed E-state index contributed by atoms with van der Waals surface area (Å²) in [5.41, 5.74) is 2.83. The number of ether oxygens (including phenoxy) is 1. The van der Waals surface area contributed by atoms with Gasteiger partial charge in [-0.25, -0.2) is 4.98 Å². The van der Waals surface area contributed by atoms with Crippen molar-refractivity contribution >= 4 is 29.0 Å². The summed E-state index contributed by atoms with van der Waals surface area (Å²) in [7, 11) is 0. The molecule has 110 valence electrons. The molecule has 1 N–H and O–H groups in total. The summed E-state index contributed by atoms with van der Waals surface area (Å²) in [5.74, 6) is 1.55. The lowest BCUT2D eigenvalue weighted by Gasteiger charge is -2.13. The van der Waals surface area contributed by atoms with Crippen molar-refractivity contribution in [2.75, 3.05) is 18.5 Å². The number of pyridine rings is 1. The molecule has 0 bridgehead atoms. The maximum absolute atomic E-state index is 6.34. The Bertz CT molecular complexity index is 674. The summed E-state index contributed by atoms with van der Waals surface area (Å²) < 4.78 is 5.74. The van der Waals surface area contributed by atoms with E-state index in [2.05, 4.69) is 23.3 Å². The first kappa shape index (κ1) is 14.5. The fourth-order valence-corrected chi connectivity index (χ4v) is 2.95. The molecule has 3 nitrogen and oxygen atoms in total. The Balaban J connectivity index is 2.08. The van der Waals surface area contributed by atoms with E-state index >= 15 is 0 Å². The SMILES string of the molecule is CCCNc1nc(-c2cccc3c2OCC3)c(Cl)cc1Cl. The monoisotopic (exact) mass is 322 g/mol. The number of hydrogen-bond acceptors (Lipinski definition) is 3. The molecule has 5 heteroatoms. The van der Waals surface area contributed by atoms with E-state index in [-0.39, 0.29) is 0 Å². The fraction of sp³-hybridized carbons (Fsp3) is 0.312. The highest BCUT2D eigenvalue weighted by Crippen LogP contribution is 2.40. The standard InChI is InChI=1S/C16H16Cl2N2O/c1-2-7-19-16-13(18)9-12(17)14(20-16)11-5-3-4-10-6-8-21-15(10)11/h3-5,9H,2,6-8H2,1H3,(H,19,20). The molecular formula is C16H16Cl2N2O. The largest absolute Gasteiger partial charge is 0.492 e. The van der Waals surface area contributed by atoms with Gasteiger partial charge in [0.25, 0.3) is 0 Å². The van der Waals surface area contributed by atoms with Crippen molar-refractivity contribution < 1.29 is 4.74 Å². The number of anilines is 1. The van der Waals surface area contributed by atoms with Gasteiger partial charge in [0.2, 0.25) is 0 Å². The predicted molar refractivity (Wildman–Crippen MR) is 87.7 cm³/mol. The van der Waals surface area contributed by atoms with Crippen molar-refractivity contribution in [3.8, 4) is 17.0 Å². The van der Waals surface area contributed by atoms with Gasteiger partial charge in [-0.1, -0.05) is 42.3 Å². The molecule has 0 aliphatic carbocycles. The first-order valence-corrected chi connectivity index (χ1v) is 7.81. The molecule has 0 fully saturated rings. The predicted octanol–water partition coefficient (Wildman–Crippen LogP) is 4.81. The van der Waals surface area contributed by atoms with Gasteiger partial charge >= 0.3 is 0 Å². The zero-order valence-electron chi connectivity index (χ0n) is 11.7. The Labute approximate surface area is 134 Å². The van der Waals surface area contributed by atoms with Crippen LogP contribution in [0.3, 0.4) is 0 Å². The fourth-order valence-electron chi connectivity index (χ4n) is 2.42. The lowest BCUT2D eigenvalue weighted by molar-refractivity contribution is 0.358. The van der Waals surface area contributed by atoms with Crippen LogP contribution in [0.4, 0.5) is 5.82 Å². The summed E-state index contributed by atoms with van der Waals surface area (Å²) in [6, 6.07) is 7.80. The van der Waals surface area contributed by atoms with E-state index in [1.807, 2.05) is 12.1 Å². The second-order valence-electron chi connectivity index (χ2n) is 4.97. The minimum absolute atomic E-state index is 0.533. The zero-order chi connectivity index (χ0) is 14.8. The summed E-state index contributed by atoms with van der Waals surface area (Å²) in [6.45, 7) is 3.62. The number of benzene rings is 1. The van der Waals surface area contributed by atoms with Gasteiger partial charge in [-0.2, -0.15) is 0 Å². The van der Waals surface area contributed by atoms with Gasteiger partial charge in [0.1, 0.15) is 11.6 Å². The highest BCUT2D eigenvalue weighted by molar-refractivity contribution is 6.37. The number of aromatic nitrogens is 1. The van der Waals surface area contributed by atoms with Gasteiger partial charge in [0.15, 0.2) is 0 Å². The summed E-state index contributed by atoms with van der Waals surface area (Å²) in [6.07, 6.45) is 1.93. The topological polar surface area (TPSA) is 34.2 Å². The number of rotatable bonds is 4. The van der Waals surface area contributed by atoms with E-state index in [9.17, 15) is 0 Å². The third kappa shape index (κ3) is 2.81. The first-order chi connectivity index (χ1) is 10.2. The van der Waals surface area contributed by atoms with E-state index in [0.29, 0.717) is 28.2 Å². The third-order valence-corrected chi connectivity index (χ3v) is 4.02. The molecule has 0 spiro atoms. The molecule has 2 heterocycles. The van der Waals surface area contributed by atoms with Crippen LogP contribution >= 0.6 is 23.2 Å². The van der Waals surface area contributed by atoms with Crippen molar-refractivity contribution in [1.82, 2.24) is 4.98 Å². The molecule has 3 rings (SSSR count). The molecule has 21 heavy (non-hydrogen) atoms. The van der Waals surface area contributed by atoms with Crippen LogP contribution in [0.5, 0.6) is 5.75 Å². The Morgan fingerprint density at radius 3 is 2.95 bits per heavy atom. The summed E-state index contributed by atoms with van der Waals surface area (Å²) in [5, 5.41) is 4.29. The molecule has 2 aromatic rings. The second-order valence-corrected chi connectivity index (χ2v) is 5.78. The minimum atomic E-state index is 0.533. The van der Waals surface area contributed by atoms with Gasteiger partial charge in [0, 0.05) is 18.5 Å². The van der Waals surface area contributed by atoms with Crippen molar-refractivity contribution in [1.29, 1.82) is 0 Å². The van der Waals surface area contributed by atoms with E-state index in [0.717, 1.165) is 30.7 Å². The molecule has 0 saturated heterocycles. The van der Waals surface area contributed by atoms with Gasteiger partial charge < -0.3 is 10.1 Å². The number of hydrogen-bond donors (Lipinski definition) is 1. The van der Waals surface area contributed by atoms with E-state index in [1.165, 1.54) is 5.56 Å². The van der Waals surface area contributed by atoms with Crippen molar-refractivity contribution in [2.45, 2.75) is 19.8 Å². The molecule has 0 radical (unpaired) electrons. The maximum atomic E-state index is 6.34. The lowest BCUT2D eigenvalue weighted by Crippen LogP contribution is -2.04. The van der Waals surface area contributed by atoms with Crippen LogP contribution < -0.4 is 10.1 Å². The average Bonchev–Trinajstić information content (AvgIpc) is 2.95. The highest BCUT2D eigenvalue weighted by atomic mass is 35.5. The van der Waals surface area contributed by atoms with Crippen molar-refractivity contribution in [3.05, 3.63) is 39.9 Å². The smallest absolute Gasteiger partial charge is 0.145 e. The van der Waals surface area contributed by atoms with Crippen LogP contribution in [0.15, 0.2) is 24.3 Å². The zero-order valence-corrected chi connectivity index (χ0v) is 13.3. The minimum Gasteiger partial charge on any atom is -0.492 e. The number of nitrogens with zero attached hydrogens (tertiary/aromatic N) is 1. The first-order valence-electron chi connectivity index (χ1n) is 7.05. The average molecular weight is 323 g/mol. The number of para-hydroxylation sites is 1. The van der Waals surface area contributed by atoms with E-state index < -0.39 is 0 Å². The molecular weight excluding hydrogens is 307 g/mol. The van der Waals surface area contributed by atoms with Crippen LogP contribution in [-0.4, -0.2) is 18.1 Å². The van der Waals surface area contributed by atoms with Crippen LogP contribution in [0.25, 0.3) is 11.3 Å². The number of halogens is 2. The summed E-state index contributed by atoms with van der Waals surface area (Å²) in [4.78, 5) is 4.60. The second kappa shape index (κ2) is 6.12. The van der Waals surface area contributed by atoms with Crippen molar-refractivity contribution in [2.24, 2.45) is 0 Å². The molecule has 1 aromatic carbocycles. The molecule has 0 amide bonds. The Morgan fingerprint density at radius 2 is 2.14 bits per heavy atom. The van der Waals surface area contributed by atoms with Crippen molar-refractivity contribution in [3.63, 3.8) is 0 Å².